The number of hydrogen-bond acceptors (Lipinski definition) is 6. The molecule has 2 aliphatic carbocycles. The Labute approximate surface area is 203 Å². The molecule has 1 saturated carbocycles. The van der Waals surface area contributed by atoms with E-state index in [1.54, 1.807) is 6.33 Å². The number of halogens is 1. The molecule has 2 aromatic rings. The summed E-state index contributed by atoms with van der Waals surface area (Å²) in [7, 11) is 0. The number of nitrogens with one attached hydrogen (secondary N) is 1. The average molecular weight is 514 g/mol. The number of benzene rings is 1. The van der Waals surface area contributed by atoms with Crippen LogP contribution in [-0.2, 0) is 4.79 Å². The summed E-state index contributed by atoms with van der Waals surface area (Å²) in [4.78, 5) is 26.8. The van der Waals surface area contributed by atoms with E-state index in [-0.39, 0.29) is 17.7 Å². The van der Waals surface area contributed by atoms with Gasteiger partial charge in [-0.15, -0.1) is 0 Å². The fourth-order valence-electron chi connectivity index (χ4n) is 5.11. The molecule has 1 aliphatic heterocycles. The molecule has 7 nitrogen and oxygen atoms in total. The van der Waals surface area contributed by atoms with E-state index in [0.717, 1.165) is 52.7 Å². The Morgan fingerprint density at radius 1 is 1.18 bits per heavy atom. The van der Waals surface area contributed by atoms with Gasteiger partial charge in [-0.3, -0.25) is 4.79 Å². The third kappa shape index (κ3) is 4.93. The summed E-state index contributed by atoms with van der Waals surface area (Å²) in [6.07, 6.45) is 4.35. The van der Waals surface area contributed by atoms with Gasteiger partial charge in [-0.25, -0.2) is 9.97 Å². The molecule has 33 heavy (non-hydrogen) atoms. The van der Waals surface area contributed by atoms with Crippen LogP contribution in [0.5, 0.6) is 0 Å². The van der Waals surface area contributed by atoms with Crippen LogP contribution in [0.4, 0.5) is 5.82 Å². The molecule has 1 aromatic heterocycles. The Bertz CT molecular complexity index is 989. The highest BCUT2D eigenvalue weighted by molar-refractivity contribution is 9.10. The summed E-state index contributed by atoms with van der Waals surface area (Å²) >= 11 is 3.50. The number of aliphatic hydroxyl groups is 1. The van der Waals surface area contributed by atoms with Crippen molar-refractivity contribution in [1.29, 1.82) is 0 Å². The van der Waals surface area contributed by atoms with Gasteiger partial charge in [-0.2, -0.15) is 0 Å². The van der Waals surface area contributed by atoms with Gasteiger partial charge in [-0.05, 0) is 55.3 Å². The SMILES string of the molecule is CC1CC(O)c2ncnc(N3CCN(C(=O)[C@H](CNCC4CC4)c4ccc(Br)cc4)CC3)c21. The molecule has 5 rings (SSSR count). The van der Waals surface area contributed by atoms with Crippen molar-refractivity contribution >= 4 is 27.7 Å². The predicted octanol–water partition coefficient (Wildman–Crippen LogP) is 3.21. The molecule has 176 valence electrons. The second kappa shape index (κ2) is 9.68. The second-order valence-corrected chi connectivity index (χ2v) is 10.6. The summed E-state index contributed by atoms with van der Waals surface area (Å²) in [5.74, 6) is 1.96. The highest BCUT2D eigenvalue weighted by Crippen LogP contribution is 2.42. The first-order valence-corrected chi connectivity index (χ1v) is 12.8. The van der Waals surface area contributed by atoms with Gasteiger partial charge in [0, 0.05) is 42.8 Å². The fourth-order valence-corrected chi connectivity index (χ4v) is 5.37. The zero-order valence-corrected chi connectivity index (χ0v) is 20.7. The molecule has 0 radical (unpaired) electrons. The van der Waals surface area contributed by atoms with Gasteiger partial charge < -0.3 is 20.2 Å². The number of nitrogens with zero attached hydrogens (tertiary/aromatic N) is 4. The molecular weight excluding hydrogens is 482 g/mol. The Hall–Kier alpha value is -2.03. The lowest BCUT2D eigenvalue weighted by Crippen LogP contribution is -2.51. The summed E-state index contributed by atoms with van der Waals surface area (Å²) in [6, 6.07) is 8.14. The lowest BCUT2D eigenvalue weighted by Gasteiger charge is -2.38. The van der Waals surface area contributed by atoms with Crippen molar-refractivity contribution in [2.75, 3.05) is 44.2 Å². The van der Waals surface area contributed by atoms with E-state index in [1.807, 2.05) is 17.0 Å². The number of hydrogen-bond donors (Lipinski definition) is 2. The number of piperazine rings is 1. The standard InChI is InChI=1S/C25H32BrN5O2/c1-16-12-21(32)23-22(16)24(29-15-28-23)30-8-10-31(11-9-30)25(33)20(14-27-13-17-2-3-17)18-4-6-19(26)7-5-18/h4-7,15-17,20-21,27,32H,2-3,8-14H2,1H3/t16?,20-,21?/m1/s1. The quantitative estimate of drug-likeness (QED) is 0.591. The maximum atomic E-state index is 13.6. The van der Waals surface area contributed by atoms with E-state index >= 15 is 0 Å². The van der Waals surface area contributed by atoms with Crippen LogP contribution < -0.4 is 10.2 Å². The van der Waals surface area contributed by atoms with Gasteiger partial charge in [0.15, 0.2) is 0 Å². The van der Waals surface area contributed by atoms with Crippen molar-refractivity contribution in [1.82, 2.24) is 20.2 Å². The first kappa shape index (κ1) is 22.7. The van der Waals surface area contributed by atoms with Crippen LogP contribution >= 0.6 is 15.9 Å². The third-order valence-electron chi connectivity index (χ3n) is 7.22. The van der Waals surface area contributed by atoms with Crippen LogP contribution in [0.3, 0.4) is 0 Å². The number of aliphatic hydroxyl groups excluding tert-OH is 1. The van der Waals surface area contributed by atoms with Gasteiger partial charge in [0.05, 0.1) is 17.7 Å². The number of carbonyl (C=O) groups is 1. The molecule has 0 bridgehead atoms. The molecule has 0 spiro atoms. The zero-order valence-electron chi connectivity index (χ0n) is 19.1. The first-order chi connectivity index (χ1) is 16.0. The smallest absolute Gasteiger partial charge is 0.231 e. The highest BCUT2D eigenvalue weighted by atomic mass is 79.9. The van der Waals surface area contributed by atoms with Crippen LogP contribution in [0.15, 0.2) is 35.1 Å². The number of fused-ring (bicyclic) bond motifs is 1. The van der Waals surface area contributed by atoms with E-state index in [9.17, 15) is 9.90 Å². The molecule has 3 atom stereocenters. The number of amides is 1. The molecule has 2 heterocycles. The normalized spacial score (nSPS) is 23.5. The molecule has 1 saturated heterocycles. The largest absolute Gasteiger partial charge is 0.387 e. The van der Waals surface area contributed by atoms with Crippen molar-refractivity contribution in [2.24, 2.45) is 5.92 Å². The fraction of sp³-hybridized carbons (Fsp3) is 0.560. The van der Waals surface area contributed by atoms with Crippen LogP contribution in [0, 0.1) is 5.92 Å². The summed E-state index contributed by atoms with van der Waals surface area (Å²) in [6.45, 7) is 6.61. The van der Waals surface area contributed by atoms with Gasteiger partial charge in [0.25, 0.3) is 0 Å². The van der Waals surface area contributed by atoms with E-state index in [4.69, 9.17) is 0 Å². The van der Waals surface area contributed by atoms with E-state index < -0.39 is 6.10 Å². The highest BCUT2D eigenvalue weighted by Gasteiger charge is 2.35. The lowest BCUT2D eigenvalue weighted by molar-refractivity contribution is -0.133. The summed E-state index contributed by atoms with van der Waals surface area (Å²) in [5, 5.41) is 13.9. The number of rotatable bonds is 7. The Morgan fingerprint density at radius 2 is 1.91 bits per heavy atom. The monoisotopic (exact) mass is 513 g/mol. The minimum Gasteiger partial charge on any atom is -0.387 e. The van der Waals surface area contributed by atoms with Gasteiger partial charge in [0.2, 0.25) is 5.91 Å². The molecule has 2 unspecified atom stereocenters. The minimum atomic E-state index is -0.505. The maximum Gasteiger partial charge on any atom is 0.231 e. The van der Waals surface area contributed by atoms with Crippen molar-refractivity contribution in [3.05, 3.63) is 51.9 Å². The maximum absolute atomic E-state index is 13.6. The van der Waals surface area contributed by atoms with Crippen LogP contribution in [0.25, 0.3) is 0 Å². The van der Waals surface area contributed by atoms with E-state index in [2.05, 4.69) is 55.2 Å². The third-order valence-corrected chi connectivity index (χ3v) is 7.75. The lowest BCUT2D eigenvalue weighted by atomic mass is 9.97. The van der Waals surface area contributed by atoms with Gasteiger partial charge in [0.1, 0.15) is 12.1 Å². The molecule has 2 N–H and O–H groups in total. The Kier molecular flexibility index (Phi) is 6.67. The van der Waals surface area contributed by atoms with Gasteiger partial charge >= 0.3 is 0 Å². The number of aromatic nitrogens is 2. The molecular formula is C25H32BrN5O2. The van der Waals surface area contributed by atoms with Gasteiger partial charge in [-0.1, -0.05) is 35.0 Å². The summed E-state index contributed by atoms with van der Waals surface area (Å²) < 4.78 is 1.02. The van der Waals surface area contributed by atoms with Crippen molar-refractivity contribution < 1.29 is 9.90 Å². The molecule has 1 aromatic carbocycles. The van der Waals surface area contributed by atoms with Crippen molar-refractivity contribution in [3.8, 4) is 0 Å². The average Bonchev–Trinajstić information content (AvgIpc) is 3.61. The van der Waals surface area contributed by atoms with Crippen LogP contribution in [0.1, 0.15) is 60.9 Å². The topological polar surface area (TPSA) is 81.6 Å². The van der Waals surface area contributed by atoms with Crippen molar-refractivity contribution in [3.63, 3.8) is 0 Å². The van der Waals surface area contributed by atoms with E-state index in [0.29, 0.717) is 26.1 Å². The molecule has 8 heteroatoms. The second-order valence-electron chi connectivity index (χ2n) is 9.67. The van der Waals surface area contributed by atoms with Crippen molar-refractivity contribution in [2.45, 2.75) is 44.1 Å². The molecule has 2 fully saturated rings. The Morgan fingerprint density at radius 3 is 2.61 bits per heavy atom. The molecule has 3 aliphatic rings. The Balaban J connectivity index is 1.27. The first-order valence-electron chi connectivity index (χ1n) is 12.0. The van der Waals surface area contributed by atoms with Crippen LogP contribution in [-0.4, -0.2) is 65.2 Å². The summed E-state index contributed by atoms with van der Waals surface area (Å²) in [5.41, 5.74) is 2.90. The minimum absolute atomic E-state index is 0.179. The van der Waals surface area contributed by atoms with Crippen LogP contribution in [0.2, 0.25) is 0 Å². The number of carbonyl (C=O) groups excluding carboxylic acids is 1. The molecule has 1 amide bonds. The van der Waals surface area contributed by atoms with E-state index in [1.165, 1.54) is 12.8 Å². The number of anilines is 1. The zero-order chi connectivity index (χ0) is 22.9. The predicted molar refractivity (Wildman–Crippen MR) is 131 cm³/mol.